The molecule has 1 amide bonds. The number of thiophene rings is 1. The van der Waals surface area contributed by atoms with Gasteiger partial charge in [-0.2, -0.15) is 0 Å². The first kappa shape index (κ1) is 29.1. The van der Waals surface area contributed by atoms with Crippen molar-refractivity contribution in [1.29, 1.82) is 0 Å². The number of anilines is 1. The van der Waals surface area contributed by atoms with Crippen LogP contribution in [-0.2, 0) is 40.9 Å². The maximum atomic E-state index is 13.0. The van der Waals surface area contributed by atoms with Gasteiger partial charge in [-0.1, -0.05) is 57.5 Å². The van der Waals surface area contributed by atoms with Crippen LogP contribution in [0.4, 0.5) is 5.00 Å². The third-order valence-electron chi connectivity index (χ3n) is 6.84. The van der Waals surface area contributed by atoms with Gasteiger partial charge in [0.1, 0.15) is 17.4 Å². The van der Waals surface area contributed by atoms with Gasteiger partial charge in [0, 0.05) is 11.4 Å². The minimum absolute atomic E-state index is 0.0851. The summed E-state index contributed by atoms with van der Waals surface area (Å²) < 4.78 is 13.0. The van der Waals surface area contributed by atoms with E-state index in [1.165, 1.54) is 47.1 Å². The molecular formula is C29H38N4O4S2. The van der Waals surface area contributed by atoms with Crippen molar-refractivity contribution in [3.8, 4) is 5.75 Å². The number of aromatic nitrogens is 3. The van der Waals surface area contributed by atoms with Gasteiger partial charge in [-0.05, 0) is 61.3 Å². The van der Waals surface area contributed by atoms with E-state index < -0.39 is 0 Å². The molecule has 0 unspecified atom stereocenters. The number of rotatable bonds is 9. The van der Waals surface area contributed by atoms with E-state index in [2.05, 4.69) is 48.4 Å². The highest BCUT2D eigenvalue weighted by molar-refractivity contribution is 7.99. The first-order valence-corrected chi connectivity index (χ1v) is 15.3. The highest BCUT2D eigenvalue weighted by Crippen LogP contribution is 2.37. The fourth-order valence-corrected chi connectivity index (χ4v) is 6.78. The predicted molar refractivity (Wildman–Crippen MR) is 156 cm³/mol. The monoisotopic (exact) mass is 570 g/mol. The second-order valence-corrected chi connectivity index (χ2v) is 12.7. The van der Waals surface area contributed by atoms with E-state index in [4.69, 9.17) is 9.47 Å². The Morgan fingerprint density at radius 1 is 1.08 bits per heavy atom. The molecule has 0 spiro atoms. The van der Waals surface area contributed by atoms with E-state index in [0.717, 1.165) is 43.4 Å². The Morgan fingerprint density at radius 2 is 1.79 bits per heavy atom. The van der Waals surface area contributed by atoms with Crippen LogP contribution in [0.3, 0.4) is 0 Å². The van der Waals surface area contributed by atoms with E-state index in [1.807, 2.05) is 23.6 Å². The third-order valence-corrected chi connectivity index (χ3v) is 9.02. The number of hydrogen-bond donors (Lipinski definition) is 1. The van der Waals surface area contributed by atoms with Crippen LogP contribution < -0.4 is 10.1 Å². The van der Waals surface area contributed by atoms with Gasteiger partial charge < -0.3 is 19.4 Å². The van der Waals surface area contributed by atoms with E-state index in [9.17, 15) is 9.59 Å². The molecule has 210 valence electrons. The zero-order valence-electron chi connectivity index (χ0n) is 23.5. The summed E-state index contributed by atoms with van der Waals surface area (Å²) in [5.74, 6) is 1.04. The number of carbonyl (C=O) groups excluding carboxylic acids is 2. The molecule has 0 saturated heterocycles. The Bertz CT molecular complexity index is 1290. The number of nitrogens with one attached hydrogen (secondary N) is 1. The van der Waals surface area contributed by atoms with Crippen LogP contribution in [0.1, 0.15) is 85.6 Å². The van der Waals surface area contributed by atoms with E-state index >= 15 is 0 Å². The summed E-state index contributed by atoms with van der Waals surface area (Å²) in [6, 6.07) is 8.11. The number of amides is 1. The number of fused-ring (bicyclic) bond motifs is 1. The number of methoxy groups -OCH3 is 1. The second-order valence-electron chi connectivity index (χ2n) is 10.7. The van der Waals surface area contributed by atoms with E-state index in [0.29, 0.717) is 28.1 Å². The van der Waals surface area contributed by atoms with Crippen molar-refractivity contribution >= 4 is 40.0 Å². The predicted octanol–water partition coefficient (Wildman–Crippen LogP) is 6.41. The molecule has 39 heavy (non-hydrogen) atoms. The molecule has 1 aromatic carbocycles. The Kier molecular flexibility index (Phi) is 9.71. The van der Waals surface area contributed by atoms with Gasteiger partial charge in [-0.3, -0.25) is 4.79 Å². The molecule has 2 heterocycles. The number of hydrogen-bond acceptors (Lipinski definition) is 8. The van der Waals surface area contributed by atoms with Crippen molar-refractivity contribution in [3.63, 3.8) is 0 Å². The molecule has 0 bridgehead atoms. The summed E-state index contributed by atoms with van der Waals surface area (Å²) in [5.41, 5.74) is 2.89. The summed E-state index contributed by atoms with van der Waals surface area (Å²) in [7, 11) is 1.39. The number of ether oxygens (including phenoxy) is 2. The van der Waals surface area contributed by atoms with Crippen LogP contribution in [0.5, 0.6) is 5.75 Å². The Labute approximate surface area is 238 Å². The highest BCUT2D eigenvalue weighted by Gasteiger charge is 2.26. The quantitative estimate of drug-likeness (QED) is 0.235. The SMILES string of the molecule is CCn1c(COc2ccc(C(C)(C)C)cc2)nnc1SCC(=O)Nc1sc2c(c1C(=O)OC)CCCCCC2. The van der Waals surface area contributed by atoms with Crippen LogP contribution in [0.15, 0.2) is 29.4 Å². The lowest BCUT2D eigenvalue weighted by Crippen LogP contribution is -2.17. The smallest absolute Gasteiger partial charge is 0.341 e. The van der Waals surface area contributed by atoms with E-state index in [-0.39, 0.29) is 29.7 Å². The molecule has 3 aromatic rings. The van der Waals surface area contributed by atoms with Crippen LogP contribution >= 0.6 is 23.1 Å². The lowest BCUT2D eigenvalue weighted by molar-refractivity contribution is -0.113. The lowest BCUT2D eigenvalue weighted by Gasteiger charge is -2.19. The van der Waals surface area contributed by atoms with Gasteiger partial charge in [0.2, 0.25) is 5.91 Å². The molecule has 4 rings (SSSR count). The largest absolute Gasteiger partial charge is 0.486 e. The number of aryl methyl sites for hydroxylation is 1. The van der Waals surface area contributed by atoms with Crippen molar-refractivity contribution < 1.29 is 19.1 Å². The first-order chi connectivity index (χ1) is 18.7. The molecule has 1 aliphatic rings. The first-order valence-electron chi connectivity index (χ1n) is 13.5. The van der Waals surface area contributed by atoms with Crippen LogP contribution in [0.25, 0.3) is 0 Å². The fourth-order valence-electron chi connectivity index (χ4n) is 4.67. The summed E-state index contributed by atoms with van der Waals surface area (Å²) >= 11 is 2.82. The second kappa shape index (κ2) is 13.0. The molecule has 1 N–H and O–H groups in total. The maximum absolute atomic E-state index is 13.0. The number of esters is 1. The zero-order valence-corrected chi connectivity index (χ0v) is 25.1. The molecule has 0 aliphatic heterocycles. The van der Waals surface area contributed by atoms with Crippen molar-refractivity contribution in [2.75, 3.05) is 18.2 Å². The topological polar surface area (TPSA) is 95.3 Å². The van der Waals surface area contributed by atoms with E-state index in [1.54, 1.807) is 0 Å². The molecule has 0 saturated carbocycles. The average Bonchev–Trinajstić information content (AvgIpc) is 3.45. The molecule has 8 nitrogen and oxygen atoms in total. The molecule has 1 aliphatic carbocycles. The highest BCUT2D eigenvalue weighted by atomic mass is 32.2. The molecule has 0 fully saturated rings. The van der Waals surface area contributed by atoms with Gasteiger partial charge in [-0.15, -0.1) is 21.5 Å². The maximum Gasteiger partial charge on any atom is 0.341 e. The molecule has 10 heteroatoms. The minimum Gasteiger partial charge on any atom is -0.486 e. The molecule has 0 atom stereocenters. The Hall–Kier alpha value is -2.85. The lowest BCUT2D eigenvalue weighted by atomic mass is 9.87. The standard InChI is InChI=1S/C29H38N4O4S2/c1-6-33-23(17-37-20-15-13-19(14-16-20)29(2,3)4)31-32-28(33)38-18-24(34)30-26-25(27(35)36-5)21-11-9-7-8-10-12-22(21)39-26/h13-16H,6-12,17-18H2,1-5H3,(H,30,34). The van der Waals surface area contributed by atoms with Gasteiger partial charge in [-0.25, -0.2) is 4.79 Å². The van der Waals surface area contributed by atoms with Crippen LogP contribution in [0, 0.1) is 0 Å². The minimum atomic E-state index is -0.389. The summed E-state index contributed by atoms with van der Waals surface area (Å²) in [6.07, 6.45) is 6.25. The Morgan fingerprint density at radius 3 is 2.46 bits per heavy atom. The number of thioether (sulfide) groups is 1. The molecule has 0 radical (unpaired) electrons. The normalized spacial score (nSPS) is 13.8. The zero-order chi connectivity index (χ0) is 28.0. The fraction of sp³-hybridized carbons (Fsp3) is 0.517. The number of carbonyl (C=O) groups is 2. The van der Waals surface area contributed by atoms with Gasteiger partial charge in [0.15, 0.2) is 11.0 Å². The molecular weight excluding hydrogens is 532 g/mol. The number of benzene rings is 1. The van der Waals surface area contributed by atoms with Gasteiger partial charge >= 0.3 is 5.97 Å². The average molecular weight is 571 g/mol. The van der Waals surface area contributed by atoms with Crippen molar-refractivity contribution in [2.24, 2.45) is 0 Å². The van der Waals surface area contributed by atoms with Crippen LogP contribution in [0.2, 0.25) is 0 Å². The van der Waals surface area contributed by atoms with Crippen LogP contribution in [-0.4, -0.2) is 39.5 Å². The van der Waals surface area contributed by atoms with Crippen molar-refractivity contribution in [3.05, 3.63) is 51.7 Å². The van der Waals surface area contributed by atoms with Gasteiger partial charge in [0.25, 0.3) is 0 Å². The summed E-state index contributed by atoms with van der Waals surface area (Å²) in [4.78, 5) is 26.8. The van der Waals surface area contributed by atoms with Gasteiger partial charge in [0.05, 0.1) is 18.4 Å². The Balaban J connectivity index is 1.39. The number of nitrogens with zero attached hydrogens (tertiary/aromatic N) is 3. The summed E-state index contributed by atoms with van der Waals surface area (Å²) in [5, 5.41) is 12.8. The van der Waals surface area contributed by atoms with Crippen molar-refractivity contribution in [2.45, 2.75) is 89.9 Å². The van der Waals surface area contributed by atoms with Crippen molar-refractivity contribution in [1.82, 2.24) is 14.8 Å². The summed E-state index contributed by atoms with van der Waals surface area (Å²) in [6.45, 7) is 9.49. The third kappa shape index (κ3) is 7.22. The molecule has 2 aromatic heterocycles.